The molecule has 128 valence electrons. The molecule has 0 aromatic heterocycles. The number of carbonyl (C=O) groups excluding carboxylic acids is 1. The van der Waals surface area contributed by atoms with Crippen molar-refractivity contribution in [3.8, 4) is 11.5 Å². The molecule has 0 bridgehead atoms. The van der Waals surface area contributed by atoms with E-state index in [1.54, 1.807) is 0 Å². The van der Waals surface area contributed by atoms with Crippen LogP contribution in [0.4, 0.5) is 5.69 Å². The van der Waals surface area contributed by atoms with E-state index in [0.717, 1.165) is 19.1 Å². The summed E-state index contributed by atoms with van der Waals surface area (Å²) < 4.78 is 35.0. The van der Waals surface area contributed by atoms with Crippen LogP contribution in [0.1, 0.15) is 12.8 Å². The lowest BCUT2D eigenvalue weighted by Gasteiger charge is -2.19. The van der Waals surface area contributed by atoms with E-state index in [1.807, 2.05) is 0 Å². The van der Waals surface area contributed by atoms with E-state index in [4.69, 9.17) is 21.1 Å². The van der Waals surface area contributed by atoms with Crippen LogP contribution in [0.25, 0.3) is 0 Å². The quantitative estimate of drug-likeness (QED) is 0.798. The summed E-state index contributed by atoms with van der Waals surface area (Å²) in [5, 5.41) is 2.99. The molecule has 1 aromatic carbocycles. The number of anilines is 1. The number of ether oxygens (including phenoxy) is 2. The van der Waals surface area contributed by atoms with Gasteiger partial charge < -0.3 is 14.8 Å². The van der Waals surface area contributed by atoms with Gasteiger partial charge in [0.1, 0.15) is 11.5 Å². The SMILES string of the molecule is COc1cc(NC(=O)CN(C2CC2)S(C)(=O)=O)c(OC)cc1Cl. The summed E-state index contributed by atoms with van der Waals surface area (Å²) in [7, 11) is -0.527. The molecule has 0 unspecified atom stereocenters. The molecular formula is C14H19ClN2O5S. The van der Waals surface area contributed by atoms with Gasteiger partial charge in [-0.1, -0.05) is 11.6 Å². The van der Waals surface area contributed by atoms with Gasteiger partial charge in [-0.3, -0.25) is 4.79 Å². The number of nitrogens with one attached hydrogen (secondary N) is 1. The van der Waals surface area contributed by atoms with E-state index in [2.05, 4.69) is 5.32 Å². The molecule has 0 atom stereocenters. The molecule has 0 spiro atoms. The first-order valence-corrected chi connectivity index (χ1v) is 9.17. The Bertz CT molecular complexity index is 703. The fourth-order valence-corrected chi connectivity index (χ4v) is 3.50. The molecule has 0 saturated heterocycles. The van der Waals surface area contributed by atoms with Crippen LogP contribution in [0, 0.1) is 0 Å². The van der Waals surface area contributed by atoms with Gasteiger partial charge in [0.15, 0.2) is 0 Å². The Morgan fingerprint density at radius 3 is 2.39 bits per heavy atom. The molecule has 23 heavy (non-hydrogen) atoms. The van der Waals surface area contributed by atoms with Crippen molar-refractivity contribution in [2.75, 3.05) is 32.3 Å². The Morgan fingerprint density at radius 1 is 1.30 bits per heavy atom. The van der Waals surface area contributed by atoms with Crippen LogP contribution in [0.3, 0.4) is 0 Å². The first-order chi connectivity index (χ1) is 10.8. The fourth-order valence-electron chi connectivity index (χ4n) is 2.17. The normalized spacial score (nSPS) is 14.7. The predicted molar refractivity (Wildman–Crippen MR) is 87.8 cm³/mol. The summed E-state index contributed by atoms with van der Waals surface area (Å²) in [5.41, 5.74) is 0.364. The number of amides is 1. The maximum Gasteiger partial charge on any atom is 0.239 e. The third-order valence-corrected chi connectivity index (χ3v) is 5.00. The molecule has 1 aliphatic rings. The van der Waals surface area contributed by atoms with Crippen molar-refractivity contribution in [2.24, 2.45) is 0 Å². The third kappa shape index (κ3) is 4.49. The molecule has 0 aliphatic heterocycles. The summed E-state index contributed by atoms with van der Waals surface area (Å²) in [5.74, 6) is 0.288. The Labute approximate surface area is 140 Å². The zero-order valence-corrected chi connectivity index (χ0v) is 14.7. The van der Waals surface area contributed by atoms with Crippen LogP contribution >= 0.6 is 11.6 Å². The van der Waals surface area contributed by atoms with E-state index >= 15 is 0 Å². The summed E-state index contributed by atoms with van der Waals surface area (Å²) >= 11 is 6.01. The summed E-state index contributed by atoms with van der Waals surface area (Å²) in [6.45, 7) is -0.238. The Hall–Kier alpha value is -1.51. The van der Waals surface area contributed by atoms with Gasteiger partial charge in [0, 0.05) is 18.2 Å². The van der Waals surface area contributed by atoms with Crippen molar-refractivity contribution in [1.29, 1.82) is 0 Å². The lowest BCUT2D eigenvalue weighted by molar-refractivity contribution is -0.116. The molecular weight excluding hydrogens is 344 g/mol. The predicted octanol–water partition coefficient (Wildman–Crippen LogP) is 1.72. The third-order valence-electron chi connectivity index (χ3n) is 3.43. The van der Waals surface area contributed by atoms with E-state index in [9.17, 15) is 13.2 Å². The average molecular weight is 363 g/mol. The lowest BCUT2D eigenvalue weighted by Crippen LogP contribution is -2.38. The zero-order valence-electron chi connectivity index (χ0n) is 13.1. The van der Waals surface area contributed by atoms with Crippen LogP contribution in [0.2, 0.25) is 5.02 Å². The molecule has 9 heteroatoms. The van der Waals surface area contributed by atoms with Crippen LogP contribution < -0.4 is 14.8 Å². The number of carbonyl (C=O) groups is 1. The van der Waals surface area contributed by atoms with Gasteiger partial charge in [0.25, 0.3) is 0 Å². The van der Waals surface area contributed by atoms with Crippen molar-refractivity contribution in [1.82, 2.24) is 4.31 Å². The summed E-state index contributed by atoms with van der Waals surface area (Å²) in [6.07, 6.45) is 2.65. The molecule has 1 N–H and O–H groups in total. The van der Waals surface area contributed by atoms with Gasteiger partial charge in [-0.25, -0.2) is 8.42 Å². The first kappa shape index (κ1) is 17.8. The highest BCUT2D eigenvalue weighted by Crippen LogP contribution is 2.36. The number of benzene rings is 1. The number of sulfonamides is 1. The Morgan fingerprint density at radius 2 is 1.91 bits per heavy atom. The van der Waals surface area contributed by atoms with Crippen molar-refractivity contribution in [3.05, 3.63) is 17.2 Å². The zero-order chi connectivity index (χ0) is 17.2. The number of nitrogens with zero attached hydrogens (tertiary/aromatic N) is 1. The second-order valence-corrected chi connectivity index (χ2v) is 7.62. The smallest absolute Gasteiger partial charge is 0.239 e. The van der Waals surface area contributed by atoms with E-state index < -0.39 is 15.9 Å². The van der Waals surface area contributed by atoms with E-state index in [0.29, 0.717) is 22.2 Å². The molecule has 0 heterocycles. The van der Waals surface area contributed by atoms with Crippen LogP contribution in [0.5, 0.6) is 11.5 Å². The monoisotopic (exact) mass is 362 g/mol. The number of hydrogen-bond donors (Lipinski definition) is 1. The highest BCUT2D eigenvalue weighted by atomic mass is 35.5. The van der Waals surface area contributed by atoms with Gasteiger partial charge in [-0.05, 0) is 12.8 Å². The van der Waals surface area contributed by atoms with Crippen LogP contribution in [-0.2, 0) is 14.8 Å². The van der Waals surface area contributed by atoms with Crippen molar-refractivity contribution >= 4 is 33.2 Å². The maximum atomic E-state index is 12.2. The fraction of sp³-hybridized carbons (Fsp3) is 0.500. The summed E-state index contributed by atoms with van der Waals surface area (Å²) in [6, 6.07) is 2.96. The molecule has 0 radical (unpaired) electrons. The average Bonchev–Trinajstić information content (AvgIpc) is 3.29. The second-order valence-electron chi connectivity index (χ2n) is 5.27. The Balaban J connectivity index is 2.16. The van der Waals surface area contributed by atoms with Crippen molar-refractivity contribution < 1.29 is 22.7 Å². The highest BCUT2D eigenvalue weighted by molar-refractivity contribution is 7.88. The lowest BCUT2D eigenvalue weighted by atomic mass is 10.2. The van der Waals surface area contributed by atoms with Gasteiger partial charge in [-0.2, -0.15) is 4.31 Å². The minimum absolute atomic E-state index is 0.0857. The largest absolute Gasteiger partial charge is 0.495 e. The number of methoxy groups -OCH3 is 2. The van der Waals surface area contributed by atoms with Crippen molar-refractivity contribution in [3.63, 3.8) is 0 Å². The minimum Gasteiger partial charge on any atom is -0.495 e. The topological polar surface area (TPSA) is 84.9 Å². The summed E-state index contributed by atoms with van der Waals surface area (Å²) in [4.78, 5) is 12.2. The molecule has 2 rings (SSSR count). The van der Waals surface area contributed by atoms with Crippen molar-refractivity contribution in [2.45, 2.75) is 18.9 Å². The highest BCUT2D eigenvalue weighted by Gasteiger charge is 2.36. The molecule has 1 saturated carbocycles. The standard InChI is InChI=1S/C14H19ClN2O5S/c1-21-12-7-11(13(22-2)6-10(12)15)16-14(18)8-17(9-4-5-9)23(3,19)20/h6-7,9H,4-5,8H2,1-3H3,(H,16,18). The number of hydrogen-bond acceptors (Lipinski definition) is 5. The van der Waals surface area contributed by atoms with Crippen LogP contribution in [-0.4, -0.2) is 51.7 Å². The number of halogens is 1. The number of rotatable bonds is 7. The minimum atomic E-state index is -3.43. The maximum absolute atomic E-state index is 12.2. The molecule has 1 amide bonds. The molecule has 1 fully saturated rings. The van der Waals surface area contributed by atoms with E-state index in [-0.39, 0.29) is 12.6 Å². The molecule has 7 nitrogen and oxygen atoms in total. The Kier molecular flexibility index (Phi) is 5.38. The molecule has 1 aromatic rings. The van der Waals surface area contributed by atoms with Gasteiger partial charge in [0.05, 0.1) is 37.7 Å². The van der Waals surface area contributed by atoms with E-state index in [1.165, 1.54) is 30.7 Å². The van der Waals surface area contributed by atoms with Gasteiger partial charge in [0.2, 0.25) is 15.9 Å². The van der Waals surface area contributed by atoms with Crippen LogP contribution in [0.15, 0.2) is 12.1 Å². The first-order valence-electron chi connectivity index (χ1n) is 6.94. The molecule has 1 aliphatic carbocycles. The second kappa shape index (κ2) is 6.94. The van der Waals surface area contributed by atoms with Gasteiger partial charge >= 0.3 is 0 Å². The van der Waals surface area contributed by atoms with Gasteiger partial charge in [-0.15, -0.1) is 0 Å².